The van der Waals surface area contributed by atoms with E-state index in [0.29, 0.717) is 18.8 Å². The lowest BCUT2D eigenvalue weighted by molar-refractivity contribution is 0.222. The molecule has 1 aromatic heterocycles. The molecule has 0 N–H and O–H groups in total. The normalized spacial score (nSPS) is 17.1. The van der Waals surface area contributed by atoms with Crippen LogP contribution in [0.1, 0.15) is 5.01 Å². The third-order valence-electron chi connectivity index (χ3n) is 4.16. The van der Waals surface area contributed by atoms with E-state index in [1.54, 1.807) is 23.5 Å². The van der Waals surface area contributed by atoms with Gasteiger partial charge in [-0.2, -0.15) is 4.31 Å². The van der Waals surface area contributed by atoms with Crippen LogP contribution >= 0.6 is 11.3 Å². The first kappa shape index (κ1) is 17.3. The van der Waals surface area contributed by atoms with Crippen molar-refractivity contribution in [3.63, 3.8) is 0 Å². The predicted molar refractivity (Wildman–Crippen MR) is 95.1 cm³/mol. The molecule has 0 aliphatic carbocycles. The van der Waals surface area contributed by atoms with Crippen molar-refractivity contribution in [3.05, 3.63) is 28.6 Å². The predicted octanol–water partition coefficient (Wildman–Crippen LogP) is 2.06. The van der Waals surface area contributed by atoms with Gasteiger partial charge in [-0.1, -0.05) is 0 Å². The molecular weight excluding hydrogens is 346 g/mol. The molecule has 1 aromatic carbocycles. The minimum atomic E-state index is -3.59. The smallest absolute Gasteiger partial charge is 0.246 e. The third kappa shape index (κ3) is 3.32. The molecule has 8 heteroatoms. The van der Waals surface area contributed by atoms with Crippen molar-refractivity contribution in [2.45, 2.75) is 11.8 Å². The van der Waals surface area contributed by atoms with E-state index < -0.39 is 10.0 Å². The minimum absolute atomic E-state index is 0.206. The second kappa shape index (κ2) is 6.79. The fourth-order valence-corrected chi connectivity index (χ4v) is 4.93. The van der Waals surface area contributed by atoms with E-state index in [1.165, 1.54) is 11.4 Å². The summed E-state index contributed by atoms with van der Waals surface area (Å²) >= 11 is 1.54. The summed E-state index contributed by atoms with van der Waals surface area (Å²) in [4.78, 5) is 6.77. The Labute approximate surface area is 146 Å². The van der Waals surface area contributed by atoms with Crippen LogP contribution in [-0.4, -0.2) is 62.9 Å². The fraction of sp³-hybridized carbons (Fsp3) is 0.438. The van der Waals surface area contributed by atoms with E-state index in [9.17, 15) is 8.42 Å². The van der Waals surface area contributed by atoms with Gasteiger partial charge in [-0.25, -0.2) is 13.4 Å². The zero-order chi connectivity index (χ0) is 17.3. The average molecular weight is 367 g/mol. The number of ether oxygens (including phenoxy) is 1. The Kier molecular flexibility index (Phi) is 4.91. The van der Waals surface area contributed by atoms with Crippen LogP contribution in [0.4, 0.5) is 0 Å². The van der Waals surface area contributed by atoms with Gasteiger partial charge in [0.25, 0.3) is 0 Å². The zero-order valence-electron chi connectivity index (χ0n) is 14.0. The van der Waals surface area contributed by atoms with Crippen LogP contribution in [0.5, 0.6) is 5.75 Å². The number of aromatic nitrogens is 1. The van der Waals surface area contributed by atoms with Crippen LogP contribution < -0.4 is 4.74 Å². The van der Waals surface area contributed by atoms with Crippen molar-refractivity contribution in [3.8, 4) is 17.0 Å². The summed E-state index contributed by atoms with van der Waals surface area (Å²) in [6.07, 6.45) is 0. The van der Waals surface area contributed by atoms with Crippen LogP contribution in [0.3, 0.4) is 0 Å². The maximum atomic E-state index is 13.1. The van der Waals surface area contributed by atoms with Gasteiger partial charge in [0.1, 0.15) is 10.6 Å². The number of rotatable bonds is 4. The molecule has 2 aromatic rings. The Balaban J connectivity index is 2.01. The molecule has 1 fully saturated rings. The number of methoxy groups -OCH3 is 1. The lowest BCUT2D eigenvalue weighted by Crippen LogP contribution is -2.47. The summed E-state index contributed by atoms with van der Waals surface area (Å²) in [7, 11) is -0.108. The van der Waals surface area contributed by atoms with Gasteiger partial charge in [0, 0.05) is 37.1 Å². The Morgan fingerprint density at radius 1 is 1.21 bits per heavy atom. The highest BCUT2D eigenvalue weighted by Crippen LogP contribution is 2.32. The molecule has 130 valence electrons. The number of thiazole rings is 1. The van der Waals surface area contributed by atoms with Crippen molar-refractivity contribution >= 4 is 21.4 Å². The molecule has 0 atom stereocenters. The maximum Gasteiger partial charge on any atom is 0.246 e. The van der Waals surface area contributed by atoms with Crippen molar-refractivity contribution in [2.24, 2.45) is 0 Å². The van der Waals surface area contributed by atoms with Crippen molar-refractivity contribution < 1.29 is 13.2 Å². The number of hydrogen-bond acceptors (Lipinski definition) is 6. The standard InChI is InChI=1S/C16H21N3O3S2/c1-12-17-14(11-23-12)13-4-5-15(22-3)16(10-13)24(20,21)19-8-6-18(2)7-9-19/h4-5,10-11H,6-9H2,1-3H3. The summed E-state index contributed by atoms with van der Waals surface area (Å²) in [5.74, 6) is 0.365. The summed E-state index contributed by atoms with van der Waals surface area (Å²) in [6, 6.07) is 5.21. The molecule has 1 aliphatic rings. The van der Waals surface area contributed by atoms with E-state index in [4.69, 9.17) is 4.74 Å². The first-order chi connectivity index (χ1) is 11.4. The van der Waals surface area contributed by atoms with Gasteiger partial charge in [0.15, 0.2) is 0 Å². The summed E-state index contributed by atoms with van der Waals surface area (Å²) in [5.41, 5.74) is 1.57. The molecule has 2 heterocycles. The van der Waals surface area contributed by atoms with Crippen LogP contribution in [0.15, 0.2) is 28.5 Å². The van der Waals surface area contributed by atoms with Crippen LogP contribution in [0.2, 0.25) is 0 Å². The zero-order valence-corrected chi connectivity index (χ0v) is 15.7. The highest BCUT2D eigenvalue weighted by molar-refractivity contribution is 7.89. The lowest BCUT2D eigenvalue weighted by atomic mass is 10.2. The van der Waals surface area contributed by atoms with Gasteiger partial charge in [0.05, 0.1) is 17.8 Å². The lowest BCUT2D eigenvalue weighted by Gasteiger charge is -2.31. The molecule has 1 aliphatic heterocycles. The van der Waals surface area contributed by atoms with Crippen molar-refractivity contribution in [1.29, 1.82) is 0 Å². The quantitative estimate of drug-likeness (QED) is 0.828. The topological polar surface area (TPSA) is 62.7 Å². The van der Waals surface area contributed by atoms with Crippen molar-refractivity contribution in [1.82, 2.24) is 14.2 Å². The molecule has 3 rings (SSSR count). The summed E-state index contributed by atoms with van der Waals surface area (Å²) in [5, 5.41) is 2.88. The SMILES string of the molecule is COc1ccc(-c2csc(C)n2)cc1S(=O)(=O)N1CCN(C)CC1. The monoisotopic (exact) mass is 367 g/mol. The Hall–Kier alpha value is -1.48. The van der Waals surface area contributed by atoms with Gasteiger partial charge < -0.3 is 9.64 Å². The van der Waals surface area contributed by atoms with Crippen LogP contribution in [0, 0.1) is 6.92 Å². The molecule has 0 radical (unpaired) electrons. The number of piperazine rings is 1. The van der Waals surface area contributed by atoms with Crippen molar-refractivity contribution in [2.75, 3.05) is 40.3 Å². The molecule has 0 bridgehead atoms. The molecule has 0 saturated carbocycles. The summed E-state index contributed by atoms with van der Waals surface area (Å²) < 4.78 is 33.0. The molecule has 0 spiro atoms. The number of likely N-dealkylation sites (N-methyl/N-ethyl adjacent to an activating group) is 1. The van der Waals surface area contributed by atoms with Crippen LogP contribution in [0.25, 0.3) is 11.3 Å². The van der Waals surface area contributed by atoms with Gasteiger partial charge in [0.2, 0.25) is 10.0 Å². The number of hydrogen-bond donors (Lipinski definition) is 0. The Bertz CT molecular complexity index is 825. The summed E-state index contributed by atoms with van der Waals surface area (Å²) in [6.45, 7) is 4.36. The fourth-order valence-electron chi connectivity index (χ4n) is 2.70. The van der Waals surface area contributed by atoms with Gasteiger partial charge in [-0.3, -0.25) is 0 Å². The second-order valence-electron chi connectivity index (χ2n) is 5.82. The molecule has 24 heavy (non-hydrogen) atoms. The van der Waals surface area contributed by atoms with E-state index in [0.717, 1.165) is 29.4 Å². The molecule has 1 saturated heterocycles. The highest BCUT2D eigenvalue weighted by atomic mass is 32.2. The van der Waals surface area contributed by atoms with Crippen LogP contribution in [-0.2, 0) is 10.0 Å². The van der Waals surface area contributed by atoms with E-state index in [1.807, 2.05) is 25.4 Å². The number of benzene rings is 1. The Morgan fingerprint density at radius 2 is 1.92 bits per heavy atom. The van der Waals surface area contributed by atoms with E-state index >= 15 is 0 Å². The van der Waals surface area contributed by atoms with Gasteiger partial charge in [-0.15, -0.1) is 11.3 Å². The molecule has 0 amide bonds. The molecular formula is C16H21N3O3S2. The minimum Gasteiger partial charge on any atom is -0.495 e. The number of aryl methyl sites for hydroxylation is 1. The average Bonchev–Trinajstić information content (AvgIpc) is 3.01. The first-order valence-electron chi connectivity index (χ1n) is 7.71. The van der Waals surface area contributed by atoms with Gasteiger partial charge in [-0.05, 0) is 32.2 Å². The number of sulfonamides is 1. The molecule has 6 nitrogen and oxygen atoms in total. The third-order valence-corrected chi connectivity index (χ3v) is 6.85. The largest absolute Gasteiger partial charge is 0.495 e. The van der Waals surface area contributed by atoms with E-state index in [2.05, 4.69) is 9.88 Å². The van der Waals surface area contributed by atoms with E-state index in [-0.39, 0.29) is 4.90 Å². The number of nitrogens with zero attached hydrogens (tertiary/aromatic N) is 3. The highest BCUT2D eigenvalue weighted by Gasteiger charge is 2.30. The maximum absolute atomic E-state index is 13.1. The first-order valence-corrected chi connectivity index (χ1v) is 10.0. The second-order valence-corrected chi connectivity index (χ2v) is 8.79. The molecule has 0 unspecified atom stereocenters. The Morgan fingerprint density at radius 3 is 2.50 bits per heavy atom. The van der Waals surface area contributed by atoms with Gasteiger partial charge >= 0.3 is 0 Å².